The molecule has 0 aromatic rings. The minimum Gasteiger partial charge on any atom is -0.372 e. The molecule has 0 aromatic heterocycles. The zero-order valence-electron chi connectivity index (χ0n) is 7.17. The summed E-state index contributed by atoms with van der Waals surface area (Å²) in [7, 11) is 1.72. The minimum absolute atomic E-state index is 0.0164. The molecule has 0 aliphatic rings. The molecule has 0 saturated heterocycles. The van der Waals surface area contributed by atoms with E-state index in [2.05, 4.69) is 0 Å². The van der Waals surface area contributed by atoms with E-state index in [1.165, 1.54) is 0 Å². The van der Waals surface area contributed by atoms with Gasteiger partial charge in [-0.3, -0.25) is 4.79 Å². The van der Waals surface area contributed by atoms with Crippen molar-refractivity contribution in [2.45, 2.75) is 6.92 Å². The van der Waals surface area contributed by atoms with Crippen LogP contribution >= 0.6 is 0 Å². The quantitative estimate of drug-likeness (QED) is 0.586. The lowest BCUT2D eigenvalue weighted by Gasteiger charge is -2.15. The average molecular weight is 160 g/mol. The number of nitrogens with two attached hydrogens (primary N) is 1. The van der Waals surface area contributed by atoms with Crippen LogP contribution in [0.3, 0.4) is 0 Å². The minimum atomic E-state index is -0.0164. The number of likely N-dealkylation sites (N-methyl/N-ethyl adjacent to an activating group) is 1. The van der Waals surface area contributed by atoms with Gasteiger partial charge in [-0.05, 0) is 6.92 Å². The van der Waals surface area contributed by atoms with Gasteiger partial charge in [0.25, 0.3) is 0 Å². The zero-order valence-corrected chi connectivity index (χ0v) is 7.17. The molecule has 0 atom stereocenters. The number of ether oxygens (including phenoxy) is 1. The molecule has 0 unspecified atom stereocenters. The summed E-state index contributed by atoms with van der Waals surface area (Å²) in [4.78, 5) is 12.6. The van der Waals surface area contributed by atoms with Crippen LogP contribution < -0.4 is 5.73 Å². The Labute approximate surface area is 67.3 Å². The predicted molar refractivity (Wildman–Crippen MR) is 43.2 cm³/mol. The maximum atomic E-state index is 11.0. The highest BCUT2D eigenvalue weighted by molar-refractivity contribution is 5.77. The molecule has 2 N–H and O–H groups in total. The van der Waals surface area contributed by atoms with Gasteiger partial charge in [0.15, 0.2) is 0 Å². The molecule has 4 nitrogen and oxygen atoms in total. The van der Waals surface area contributed by atoms with E-state index in [1.54, 1.807) is 11.9 Å². The molecule has 0 aliphatic heterocycles. The van der Waals surface area contributed by atoms with Gasteiger partial charge in [0.2, 0.25) is 5.91 Å². The molecule has 0 aromatic carbocycles. The Morgan fingerprint density at radius 2 is 2.27 bits per heavy atom. The summed E-state index contributed by atoms with van der Waals surface area (Å²) < 4.78 is 4.93. The van der Waals surface area contributed by atoms with Crippen LogP contribution in [0.2, 0.25) is 0 Å². The number of carbonyl (C=O) groups is 1. The zero-order chi connectivity index (χ0) is 8.69. The Kier molecular flexibility index (Phi) is 5.78. The van der Waals surface area contributed by atoms with Crippen molar-refractivity contribution < 1.29 is 9.53 Å². The number of carbonyl (C=O) groups excluding carboxylic acids is 1. The van der Waals surface area contributed by atoms with Gasteiger partial charge in [-0.15, -0.1) is 0 Å². The maximum absolute atomic E-state index is 11.0. The summed E-state index contributed by atoms with van der Waals surface area (Å²) in [5, 5.41) is 0. The van der Waals surface area contributed by atoms with Crippen molar-refractivity contribution in [3.8, 4) is 0 Å². The van der Waals surface area contributed by atoms with E-state index in [9.17, 15) is 4.79 Å². The van der Waals surface area contributed by atoms with E-state index in [-0.39, 0.29) is 12.5 Å². The molecule has 0 radical (unpaired) electrons. The van der Waals surface area contributed by atoms with Gasteiger partial charge in [-0.25, -0.2) is 0 Å². The molecule has 66 valence electrons. The average Bonchev–Trinajstić information content (AvgIpc) is 2.00. The standard InChI is InChI=1S/C7H16N2O2/c1-3-11-6-7(10)9(2)5-4-8/h3-6,8H2,1-2H3. The summed E-state index contributed by atoms with van der Waals surface area (Å²) in [6, 6.07) is 0. The van der Waals surface area contributed by atoms with Crippen LogP contribution in [0.4, 0.5) is 0 Å². The van der Waals surface area contributed by atoms with Gasteiger partial charge in [0.1, 0.15) is 6.61 Å². The summed E-state index contributed by atoms with van der Waals surface area (Å²) in [6.45, 7) is 3.67. The Morgan fingerprint density at radius 3 is 2.73 bits per heavy atom. The summed E-state index contributed by atoms with van der Waals surface area (Å²) >= 11 is 0. The number of hydrogen-bond donors (Lipinski definition) is 1. The molecular formula is C7H16N2O2. The third kappa shape index (κ3) is 4.75. The maximum Gasteiger partial charge on any atom is 0.248 e. The normalized spacial score (nSPS) is 9.73. The highest BCUT2D eigenvalue weighted by Crippen LogP contribution is 1.84. The molecule has 0 fully saturated rings. The molecule has 0 rings (SSSR count). The van der Waals surface area contributed by atoms with Crippen LogP contribution in [-0.4, -0.2) is 44.2 Å². The third-order valence-electron chi connectivity index (χ3n) is 1.32. The first-order valence-electron chi connectivity index (χ1n) is 3.74. The predicted octanol–water partition coefficient (Wildman–Crippen LogP) is -0.560. The molecule has 0 aliphatic carbocycles. The first kappa shape index (κ1) is 10.4. The number of rotatable bonds is 5. The second kappa shape index (κ2) is 6.12. The molecular weight excluding hydrogens is 144 g/mol. The van der Waals surface area contributed by atoms with Crippen LogP contribution in [0, 0.1) is 0 Å². The van der Waals surface area contributed by atoms with Gasteiger partial charge < -0.3 is 15.4 Å². The van der Waals surface area contributed by atoms with Crippen molar-refractivity contribution in [2.75, 3.05) is 33.4 Å². The summed E-state index contributed by atoms with van der Waals surface area (Å²) in [6.07, 6.45) is 0. The van der Waals surface area contributed by atoms with Crippen LogP contribution in [0.25, 0.3) is 0 Å². The number of hydrogen-bond acceptors (Lipinski definition) is 3. The lowest BCUT2D eigenvalue weighted by atomic mass is 10.5. The van der Waals surface area contributed by atoms with E-state index in [4.69, 9.17) is 10.5 Å². The van der Waals surface area contributed by atoms with Crippen molar-refractivity contribution >= 4 is 5.91 Å². The van der Waals surface area contributed by atoms with Crippen molar-refractivity contribution in [2.24, 2.45) is 5.73 Å². The van der Waals surface area contributed by atoms with Crippen molar-refractivity contribution in [1.29, 1.82) is 0 Å². The van der Waals surface area contributed by atoms with E-state index in [1.807, 2.05) is 6.92 Å². The molecule has 0 spiro atoms. The van der Waals surface area contributed by atoms with Gasteiger partial charge in [-0.1, -0.05) is 0 Å². The fraction of sp³-hybridized carbons (Fsp3) is 0.857. The van der Waals surface area contributed by atoms with E-state index < -0.39 is 0 Å². The number of amides is 1. The summed E-state index contributed by atoms with van der Waals surface area (Å²) in [5.41, 5.74) is 5.26. The van der Waals surface area contributed by atoms with E-state index in [0.29, 0.717) is 19.7 Å². The molecule has 0 saturated carbocycles. The monoisotopic (exact) mass is 160 g/mol. The Hall–Kier alpha value is -0.610. The molecule has 1 amide bonds. The van der Waals surface area contributed by atoms with Gasteiger partial charge >= 0.3 is 0 Å². The van der Waals surface area contributed by atoms with Crippen LogP contribution in [-0.2, 0) is 9.53 Å². The first-order chi connectivity index (χ1) is 5.22. The number of nitrogens with zero attached hydrogens (tertiary/aromatic N) is 1. The topological polar surface area (TPSA) is 55.6 Å². The van der Waals surface area contributed by atoms with E-state index >= 15 is 0 Å². The lowest BCUT2D eigenvalue weighted by Crippen LogP contribution is -2.34. The SMILES string of the molecule is CCOCC(=O)N(C)CCN. The fourth-order valence-electron chi connectivity index (χ4n) is 0.618. The lowest BCUT2D eigenvalue weighted by molar-refractivity contribution is -0.134. The highest BCUT2D eigenvalue weighted by atomic mass is 16.5. The highest BCUT2D eigenvalue weighted by Gasteiger charge is 2.05. The van der Waals surface area contributed by atoms with E-state index in [0.717, 1.165) is 0 Å². The molecule has 4 heteroatoms. The second-order valence-corrected chi connectivity index (χ2v) is 2.24. The molecule has 11 heavy (non-hydrogen) atoms. The van der Waals surface area contributed by atoms with Crippen molar-refractivity contribution in [3.63, 3.8) is 0 Å². The van der Waals surface area contributed by atoms with Crippen LogP contribution in [0.1, 0.15) is 6.92 Å². The van der Waals surface area contributed by atoms with Crippen LogP contribution in [0.5, 0.6) is 0 Å². The molecule has 0 heterocycles. The summed E-state index contributed by atoms with van der Waals surface area (Å²) in [5.74, 6) is -0.0164. The van der Waals surface area contributed by atoms with Gasteiger partial charge in [-0.2, -0.15) is 0 Å². The van der Waals surface area contributed by atoms with Crippen molar-refractivity contribution in [3.05, 3.63) is 0 Å². The Morgan fingerprint density at radius 1 is 1.64 bits per heavy atom. The Balaban J connectivity index is 3.47. The largest absolute Gasteiger partial charge is 0.372 e. The fourth-order valence-corrected chi connectivity index (χ4v) is 0.618. The van der Waals surface area contributed by atoms with Crippen molar-refractivity contribution in [1.82, 2.24) is 4.90 Å². The van der Waals surface area contributed by atoms with Crippen LogP contribution in [0.15, 0.2) is 0 Å². The third-order valence-corrected chi connectivity index (χ3v) is 1.32. The van der Waals surface area contributed by atoms with Gasteiger partial charge in [0, 0.05) is 26.7 Å². The second-order valence-electron chi connectivity index (χ2n) is 2.24. The first-order valence-corrected chi connectivity index (χ1v) is 3.74. The Bertz CT molecular complexity index is 117. The molecule has 0 bridgehead atoms. The van der Waals surface area contributed by atoms with Gasteiger partial charge in [0.05, 0.1) is 0 Å². The smallest absolute Gasteiger partial charge is 0.248 e.